The Morgan fingerprint density at radius 1 is 1.08 bits per heavy atom. The zero-order valence-corrected chi connectivity index (χ0v) is 15.0. The largest absolute Gasteiger partial charge is 0.455 e. The maximum Gasteiger partial charge on any atom is 0.287 e. The highest BCUT2D eigenvalue weighted by atomic mass is 32.2. The molecule has 1 aromatic carbocycles. The van der Waals surface area contributed by atoms with Gasteiger partial charge in [0.25, 0.3) is 5.91 Å². The van der Waals surface area contributed by atoms with Crippen molar-refractivity contribution < 1.29 is 9.21 Å². The van der Waals surface area contributed by atoms with Crippen molar-refractivity contribution in [2.75, 3.05) is 0 Å². The van der Waals surface area contributed by atoms with Crippen LogP contribution in [0.2, 0.25) is 0 Å². The molecular weight excluding hydrogens is 318 g/mol. The highest BCUT2D eigenvalue weighted by Gasteiger charge is 2.18. The molecule has 1 amide bonds. The Bertz CT molecular complexity index is 657. The smallest absolute Gasteiger partial charge is 0.287 e. The van der Waals surface area contributed by atoms with E-state index in [4.69, 9.17) is 4.42 Å². The van der Waals surface area contributed by atoms with Gasteiger partial charge in [0.15, 0.2) is 5.76 Å². The average Bonchev–Trinajstić information content (AvgIpc) is 3.07. The number of carbonyl (C=O) groups is 1. The molecule has 1 aromatic heterocycles. The SMILES string of the molecule is Cc1ccc(CSCc2ccc(C(=O)NC3CCCCC3)o2)cc1. The molecule has 0 aliphatic heterocycles. The van der Waals surface area contributed by atoms with Crippen molar-refractivity contribution in [2.45, 2.75) is 56.6 Å². The lowest BCUT2D eigenvalue weighted by Gasteiger charge is -2.22. The average molecular weight is 343 g/mol. The summed E-state index contributed by atoms with van der Waals surface area (Å²) in [5.74, 6) is 2.96. The number of hydrogen-bond acceptors (Lipinski definition) is 3. The first-order chi connectivity index (χ1) is 11.7. The number of benzene rings is 1. The zero-order valence-electron chi connectivity index (χ0n) is 14.2. The Morgan fingerprint density at radius 3 is 2.58 bits per heavy atom. The third kappa shape index (κ3) is 4.91. The summed E-state index contributed by atoms with van der Waals surface area (Å²) in [4.78, 5) is 12.2. The summed E-state index contributed by atoms with van der Waals surface area (Å²) in [5, 5.41) is 3.10. The van der Waals surface area contributed by atoms with Gasteiger partial charge in [-0.25, -0.2) is 0 Å². The van der Waals surface area contributed by atoms with Gasteiger partial charge < -0.3 is 9.73 Å². The van der Waals surface area contributed by atoms with E-state index in [1.807, 2.05) is 6.07 Å². The normalized spacial score (nSPS) is 15.4. The van der Waals surface area contributed by atoms with Crippen LogP contribution in [0, 0.1) is 6.92 Å². The number of hydrogen-bond donors (Lipinski definition) is 1. The Labute approximate surface area is 148 Å². The lowest BCUT2D eigenvalue weighted by molar-refractivity contribution is 0.0898. The van der Waals surface area contributed by atoms with Crippen LogP contribution < -0.4 is 5.32 Å². The molecule has 0 spiro atoms. The minimum Gasteiger partial charge on any atom is -0.455 e. The minimum atomic E-state index is -0.0725. The van der Waals surface area contributed by atoms with Crippen LogP contribution in [0.4, 0.5) is 0 Å². The first-order valence-electron chi connectivity index (χ1n) is 8.73. The van der Waals surface area contributed by atoms with Gasteiger partial charge in [-0.3, -0.25) is 4.79 Å². The number of furan rings is 1. The lowest BCUT2D eigenvalue weighted by atomic mass is 9.95. The number of rotatable bonds is 6. The van der Waals surface area contributed by atoms with Crippen LogP contribution in [-0.2, 0) is 11.5 Å². The van der Waals surface area contributed by atoms with Crippen molar-refractivity contribution in [3.8, 4) is 0 Å². The summed E-state index contributed by atoms with van der Waals surface area (Å²) in [6.45, 7) is 2.10. The molecule has 1 aliphatic carbocycles. The van der Waals surface area contributed by atoms with Gasteiger partial charge in [-0.2, -0.15) is 0 Å². The van der Waals surface area contributed by atoms with Crippen LogP contribution in [0.5, 0.6) is 0 Å². The fraction of sp³-hybridized carbons (Fsp3) is 0.450. The van der Waals surface area contributed by atoms with Gasteiger partial charge in [0.2, 0.25) is 0 Å². The van der Waals surface area contributed by atoms with Gasteiger partial charge in [0.05, 0.1) is 5.75 Å². The molecule has 2 aromatic rings. The number of aryl methyl sites for hydroxylation is 1. The second-order valence-corrected chi connectivity index (χ2v) is 7.54. The summed E-state index contributed by atoms with van der Waals surface area (Å²) in [5.41, 5.74) is 2.59. The lowest BCUT2D eigenvalue weighted by Crippen LogP contribution is -2.35. The predicted molar refractivity (Wildman–Crippen MR) is 99.2 cm³/mol. The molecule has 1 aliphatic rings. The summed E-state index contributed by atoms with van der Waals surface area (Å²) in [6.07, 6.45) is 5.89. The van der Waals surface area contributed by atoms with E-state index in [2.05, 4.69) is 36.5 Å². The molecule has 0 unspecified atom stereocenters. The third-order valence-electron chi connectivity index (χ3n) is 4.46. The van der Waals surface area contributed by atoms with Gasteiger partial charge in [0, 0.05) is 11.8 Å². The van der Waals surface area contributed by atoms with Crippen LogP contribution in [0.25, 0.3) is 0 Å². The Hall–Kier alpha value is -1.68. The zero-order chi connectivity index (χ0) is 16.8. The molecule has 3 rings (SSSR count). The molecule has 3 nitrogen and oxygen atoms in total. The minimum absolute atomic E-state index is 0.0725. The summed E-state index contributed by atoms with van der Waals surface area (Å²) in [7, 11) is 0. The van der Waals surface area contributed by atoms with E-state index in [1.54, 1.807) is 17.8 Å². The van der Waals surface area contributed by atoms with Crippen molar-refractivity contribution in [2.24, 2.45) is 0 Å². The molecule has 1 heterocycles. The van der Waals surface area contributed by atoms with E-state index in [-0.39, 0.29) is 5.91 Å². The molecule has 24 heavy (non-hydrogen) atoms. The van der Waals surface area contributed by atoms with Gasteiger partial charge >= 0.3 is 0 Å². The molecule has 1 saturated carbocycles. The maximum absolute atomic E-state index is 12.2. The highest BCUT2D eigenvalue weighted by Crippen LogP contribution is 2.21. The summed E-state index contributed by atoms with van der Waals surface area (Å²) >= 11 is 1.80. The monoisotopic (exact) mass is 343 g/mol. The Balaban J connectivity index is 1.46. The van der Waals surface area contributed by atoms with E-state index >= 15 is 0 Å². The van der Waals surface area contributed by atoms with Gasteiger partial charge in [-0.1, -0.05) is 49.1 Å². The standard InChI is InChI=1S/C20H25NO2S/c1-15-7-9-16(10-8-15)13-24-14-18-11-12-19(23-18)20(22)21-17-5-3-2-4-6-17/h7-12,17H,2-6,13-14H2,1H3,(H,21,22). The van der Waals surface area contributed by atoms with E-state index in [1.165, 1.54) is 30.4 Å². The third-order valence-corrected chi connectivity index (χ3v) is 5.49. The molecule has 0 atom stereocenters. The number of thioether (sulfide) groups is 1. The van der Waals surface area contributed by atoms with Gasteiger partial charge in [0.1, 0.15) is 5.76 Å². The van der Waals surface area contributed by atoms with Crippen LogP contribution in [0.1, 0.15) is 59.5 Å². The van der Waals surface area contributed by atoms with Crippen molar-refractivity contribution in [3.63, 3.8) is 0 Å². The van der Waals surface area contributed by atoms with Crippen LogP contribution >= 0.6 is 11.8 Å². The molecule has 1 fully saturated rings. The molecule has 0 saturated heterocycles. The second-order valence-electron chi connectivity index (χ2n) is 6.55. The van der Waals surface area contributed by atoms with Crippen molar-refractivity contribution >= 4 is 17.7 Å². The Morgan fingerprint density at radius 2 is 1.83 bits per heavy atom. The number of carbonyl (C=O) groups excluding carboxylic acids is 1. The van der Waals surface area contributed by atoms with Gasteiger partial charge in [-0.15, -0.1) is 11.8 Å². The quantitative estimate of drug-likeness (QED) is 0.795. The Kier molecular flexibility index (Phi) is 6.02. The van der Waals surface area contributed by atoms with E-state index in [9.17, 15) is 4.79 Å². The second kappa shape index (κ2) is 8.43. The van der Waals surface area contributed by atoms with Crippen LogP contribution in [-0.4, -0.2) is 11.9 Å². The van der Waals surface area contributed by atoms with Crippen molar-refractivity contribution in [1.29, 1.82) is 0 Å². The molecule has 128 valence electrons. The summed E-state index contributed by atoms with van der Waals surface area (Å²) in [6, 6.07) is 12.6. The molecule has 1 N–H and O–H groups in total. The number of amides is 1. The topological polar surface area (TPSA) is 42.2 Å². The first kappa shape index (κ1) is 17.2. The predicted octanol–water partition coefficient (Wildman–Crippen LogP) is 5.08. The van der Waals surface area contributed by atoms with Crippen molar-refractivity contribution in [3.05, 3.63) is 59.0 Å². The van der Waals surface area contributed by atoms with Gasteiger partial charge in [-0.05, 0) is 37.5 Å². The number of nitrogens with one attached hydrogen (secondary N) is 1. The molecule has 4 heteroatoms. The van der Waals surface area contributed by atoms with Crippen molar-refractivity contribution in [1.82, 2.24) is 5.32 Å². The molecular formula is C20H25NO2S. The van der Waals surface area contributed by atoms with Crippen LogP contribution in [0.15, 0.2) is 40.8 Å². The van der Waals surface area contributed by atoms with E-state index in [0.29, 0.717) is 11.8 Å². The highest BCUT2D eigenvalue weighted by molar-refractivity contribution is 7.97. The van der Waals surface area contributed by atoms with E-state index in [0.717, 1.165) is 30.1 Å². The first-order valence-corrected chi connectivity index (χ1v) is 9.89. The fourth-order valence-electron chi connectivity index (χ4n) is 3.03. The fourth-order valence-corrected chi connectivity index (χ4v) is 3.92. The molecule has 0 bridgehead atoms. The summed E-state index contributed by atoms with van der Waals surface area (Å²) < 4.78 is 5.71. The van der Waals surface area contributed by atoms with Crippen LogP contribution in [0.3, 0.4) is 0 Å². The van der Waals surface area contributed by atoms with E-state index < -0.39 is 0 Å². The molecule has 0 radical (unpaired) electrons. The maximum atomic E-state index is 12.2.